The van der Waals surface area contributed by atoms with Gasteiger partial charge in [-0.2, -0.15) is 5.10 Å². The maximum Gasteiger partial charge on any atom is 0.240 e. The molecule has 0 radical (unpaired) electrons. The Morgan fingerprint density at radius 2 is 1.61 bits per heavy atom. The first-order valence-corrected chi connectivity index (χ1v) is 10.2. The molecule has 140 valence electrons. The Balaban J connectivity index is 1.48. The van der Waals surface area contributed by atoms with Crippen LogP contribution in [0.25, 0.3) is 16.9 Å². The van der Waals surface area contributed by atoms with Gasteiger partial charge in [-0.25, -0.2) is 22.8 Å². The molecule has 4 aromatic rings. The van der Waals surface area contributed by atoms with Gasteiger partial charge in [0.1, 0.15) is 0 Å². The number of hydrogen-bond acceptors (Lipinski definition) is 4. The number of nitrogens with zero attached hydrogens (tertiary/aromatic N) is 3. The van der Waals surface area contributed by atoms with Crippen molar-refractivity contribution in [1.29, 1.82) is 0 Å². The van der Waals surface area contributed by atoms with E-state index in [1.54, 1.807) is 53.6 Å². The molecule has 2 aromatic carbocycles. The lowest BCUT2D eigenvalue weighted by Gasteiger charge is -2.09. The average molecular weight is 390 g/mol. The molecule has 2 aromatic heterocycles. The fraction of sp³-hybridized carbons (Fsp3) is 0.0476. The standard InChI is InChI=1S/C21H18N4O2S/c26-28(27,20-9-7-19(8-10-20)18-5-2-1-3-6-18)24-16-17-11-13-22-21(15-17)25-14-4-12-23-25/h1-15,24H,16H2. The summed E-state index contributed by atoms with van der Waals surface area (Å²) >= 11 is 0. The molecular formula is C21H18N4O2S. The van der Waals surface area contributed by atoms with Crippen molar-refractivity contribution in [2.24, 2.45) is 0 Å². The summed E-state index contributed by atoms with van der Waals surface area (Å²) in [6.45, 7) is 0.166. The highest BCUT2D eigenvalue weighted by molar-refractivity contribution is 7.89. The third-order valence-electron chi connectivity index (χ3n) is 4.29. The third kappa shape index (κ3) is 4.00. The van der Waals surface area contributed by atoms with Crippen LogP contribution in [-0.2, 0) is 16.6 Å². The highest BCUT2D eigenvalue weighted by atomic mass is 32.2. The quantitative estimate of drug-likeness (QED) is 0.547. The zero-order valence-corrected chi connectivity index (χ0v) is 15.8. The topological polar surface area (TPSA) is 76.9 Å². The molecule has 0 atom stereocenters. The lowest BCUT2D eigenvalue weighted by atomic mass is 10.1. The molecular weight excluding hydrogens is 372 g/mol. The molecule has 0 aliphatic carbocycles. The van der Waals surface area contributed by atoms with Crippen LogP contribution in [0.15, 0.2) is 96.3 Å². The first kappa shape index (κ1) is 18.1. The lowest BCUT2D eigenvalue weighted by Crippen LogP contribution is -2.23. The smallest absolute Gasteiger partial charge is 0.237 e. The normalized spacial score (nSPS) is 11.4. The summed E-state index contributed by atoms with van der Waals surface area (Å²) in [5, 5.41) is 4.13. The van der Waals surface area contributed by atoms with Gasteiger partial charge in [0.2, 0.25) is 10.0 Å². The predicted molar refractivity (Wildman–Crippen MR) is 107 cm³/mol. The van der Waals surface area contributed by atoms with E-state index in [4.69, 9.17) is 0 Å². The first-order chi connectivity index (χ1) is 13.6. The summed E-state index contributed by atoms with van der Waals surface area (Å²) in [5.74, 6) is 0.633. The predicted octanol–water partition coefficient (Wildman–Crippen LogP) is 3.41. The number of hydrogen-bond donors (Lipinski definition) is 1. The number of rotatable bonds is 6. The summed E-state index contributed by atoms with van der Waals surface area (Å²) in [6.07, 6.45) is 5.08. The highest BCUT2D eigenvalue weighted by Gasteiger charge is 2.14. The molecule has 0 spiro atoms. The summed E-state index contributed by atoms with van der Waals surface area (Å²) in [4.78, 5) is 4.48. The fourth-order valence-electron chi connectivity index (χ4n) is 2.82. The number of pyridine rings is 1. The molecule has 28 heavy (non-hydrogen) atoms. The number of nitrogens with one attached hydrogen (secondary N) is 1. The van der Waals surface area contributed by atoms with Crippen molar-refractivity contribution in [1.82, 2.24) is 19.5 Å². The molecule has 6 nitrogen and oxygen atoms in total. The van der Waals surface area contributed by atoms with E-state index in [1.807, 2.05) is 42.5 Å². The van der Waals surface area contributed by atoms with Gasteiger partial charge in [0.25, 0.3) is 0 Å². The minimum absolute atomic E-state index is 0.166. The van der Waals surface area contributed by atoms with Crippen LogP contribution < -0.4 is 4.72 Å². The van der Waals surface area contributed by atoms with Crippen LogP contribution in [0.2, 0.25) is 0 Å². The highest BCUT2D eigenvalue weighted by Crippen LogP contribution is 2.21. The van der Waals surface area contributed by atoms with E-state index in [-0.39, 0.29) is 11.4 Å². The Morgan fingerprint density at radius 1 is 0.857 bits per heavy atom. The van der Waals surface area contributed by atoms with E-state index >= 15 is 0 Å². The number of sulfonamides is 1. The van der Waals surface area contributed by atoms with Gasteiger partial charge in [-0.3, -0.25) is 0 Å². The van der Waals surface area contributed by atoms with E-state index in [0.717, 1.165) is 16.7 Å². The molecule has 2 heterocycles. The van der Waals surface area contributed by atoms with Gasteiger partial charge >= 0.3 is 0 Å². The summed E-state index contributed by atoms with van der Waals surface area (Å²) < 4.78 is 29.5. The monoisotopic (exact) mass is 390 g/mol. The van der Waals surface area contributed by atoms with E-state index in [1.165, 1.54) is 0 Å². The van der Waals surface area contributed by atoms with Crippen LogP contribution in [0.4, 0.5) is 0 Å². The second kappa shape index (κ2) is 7.75. The van der Waals surface area contributed by atoms with Gasteiger partial charge in [0.05, 0.1) is 4.90 Å². The van der Waals surface area contributed by atoms with Crippen molar-refractivity contribution in [3.8, 4) is 16.9 Å². The van der Waals surface area contributed by atoms with E-state index in [9.17, 15) is 8.42 Å². The summed E-state index contributed by atoms with van der Waals surface area (Å²) in [6, 6.07) is 22.1. The molecule has 1 N–H and O–H groups in total. The van der Waals surface area contributed by atoms with Crippen molar-refractivity contribution in [3.63, 3.8) is 0 Å². The Bertz CT molecular complexity index is 1160. The zero-order chi connectivity index (χ0) is 19.4. The maximum atomic E-state index is 12.6. The van der Waals surface area contributed by atoms with Crippen molar-refractivity contribution >= 4 is 10.0 Å². The SMILES string of the molecule is O=S(=O)(NCc1ccnc(-n2cccn2)c1)c1ccc(-c2ccccc2)cc1. The van der Waals surface area contributed by atoms with E-state index in [2.05, 4.69) is 14.8 Å². The fourth-order valence-corrected chi connectivity index (χ4v) is 3.84. The first-order valence-electron chi connectivity index (χ1n) is 8.72. The molecule has 0 aliphatic heterocycles. The molecule has 0 fully saturated rings. The molecule has 0 amide bonds. The van der Waals surface area contributed by atoms with E-state index < -0.39 is 10.0 Å². The largest absolute Gasteiger partial charge is 0.240 e. The van der Waals surface area contributed by atoms with Gasteiger partial charge in [0.15, 0.2) is 5.82 Å². The third-order valence-corrected chi connectivity index (χ3v) is 5.70. The van der Waals surface area contributed by atoms with Crippen LogP contribution in [0.1, 0.15) is 5.56 Å². The van der Waals surface area contributed by atoms with Gasteiger partial charge in [-0.15, -0.1) is 0 Å². The Labute approximate surface area is 163 Å². The van der Waals surface area contributed by atoms with Gasteiger partial charge in [-0.05, 0) is 47.0 Å². The van der Waals surface area contributed by atoms with Gasteiger partial charge in [-0.1, -0.05) is 42.5 Å². The molecule has 0 saturated carbocycles. The average Bonchev–Trinajstić information content (AvgIpc) is 3.28. The summed E-state index contributed by atoms with van der Waals surface area (Å²) in [7, 11) is -3.62. The van der Waals surface area contributed by atoms with Gasteiger partial charge < -0.3 is 0 Å². The van der Waals surface area contributed by atoms with Gasteiger partial charge in [0, 0.05) is 25.1 Å². The molecule has 4 rings (SSSR count). The van der Waals surface area contributed by atoms with Crippen LogP contribution in [0.5, 0.6) is 0 Å². The maximum absolute atomic E-state index is 12.6. The minimum atomic E-state index is -3.62. The second-order valence-electron chi connectivity index (χ2n) is 6.19. The van der Waals surface area contributed by atoms with Crippen LogP contribution in [-0.4, -0.2) is 23.2 Å². The summed E-state index contributed by atoms with van der Waals surface area (Å²) in [5.41, 5.74) is 2.81. The molecule has 0 unspecified atom stereocenters. The Hall–Kier alpha value is -3.29. The Kier molecular flexibility index (Phi) is 5.01. The van der Waals surface area contributed by atoms with E-state index in [0.29, 0.717) is 5.82 Å². The lowest BCUT2D eigenvalue weighted by molar-refractivity contribution is 0.581. The van der Waals surface area contributed by atoms with Crippen molar-refractivity contribution < 1.29 is 8.42 Å². The Morgan fingerprint density at radius 3 is 2.32 bits per heavy atom. The van der Waals surface area contributed by atoms with Crippen LogP contribution in [0.3, 0.4) is 0 Å². The molecule has 0 aliphatic rings. The van der Waals surface area contributed by atoms with Crippen LogP contribution in [0, 0.1) is 0 Å². The zero-order valence-electron chi connectivity index (χ0n) is 14.9. The number of benzene rings is 2. The minimum Gasteiger partial charge on any atom is -0.237 e. The molecule has 7 heteroatoms. The van der Waals surface area contributed by atoms with Crippen molar-refractivity contribution in [3.05, 3.63) is 97.0 Å². The molecule has 0 bridgehead atoms. The second-order valence-corrected chi connectivity index (χ2v) is 7.95. The van der Waals surface area contributed by atoms with Crippen molar-refractivity contribution in [2.75, 3.05) is 0 Å². The van der Waals surface area contributed by atoms with Crippen LogP contribution >= 0.6 is 0 Å². The van der Waals surface area contributed by atoms with Crippen molar-refractivity contribution in [2.45, 2.75) is 11.4 Å². The number of aromatic nitrogens is 3. The molecule has 0 saturated heterocycles.